The van der Waals surface area contributed by atoms with Crippen LogP contribution >= 0.6 is 0 Å². The zero-order chi connectivity index (χ0) is 14.4. The Hall–Kier alpha value is -1.72. The van der Waals surface area contributed by atoms with E-state index in [1.165, 1.54) is 30.3 Å². The molecule has 0 saturated heterocycles. The van der Waals surface area contributed by atoms with Gasteiger partial charge < -0.3 is 5.11 Å². The Morgan fingerprint density at radius 1 is 1.05 bits per heavy atom. The first-order valence-electron chi connectivity index (χ1n) is 6.24. The molecule has 1 unspecified atom stereocenters. The summed E-state index contributed by atoms with van der Waals surface area (Å²) in [6.45, 7) is 0. The third-order valence-electron chi connectivity index (χ3n) is 3.72. The van der Waals surface area contributed by atoms with Crippen molar-refractivity contribution in [2.75, 3.05) is 5.75 Å². The maximum atomic E-state index is 13.0. The fraction of sp³-hybridized carbons (Fsp3) is 0.200. The Morgan fingerprint density at radius 3 is 2.40 bits per heavy atom. The van der Waals surface area contributed by atoms with Crippen molar-refractivity contribution in [1.82, 2.24) is 0 Å². The Labute approximate surface area is 116 Å². The Morgan fingerprint density at radius 2 is 1.70 bits per heavy atom. The second kappa shape index (κ2) is 4.40. The van der Waals surface area contributed by atoms with Crippen LogP contribution in [0.15, 0.2) is 53.4 Å². The predicted molar refractivity (Wildman–Crippen MR) is 72.5 cm³/mol. The van der Waals surface area contributed by atoms with Gasteiger partial charge in [0.25, 0.3) is 0 Å². The molecule has 1 atom stereocenters. The van der Waals surface area contributed by atoms with E-state index >= 15 is 0 Å². The van der Waals surface area contributed by atoms with Gasteiger partial charge >= 0.3 is 0 Å². The van der Waals surface area contributed by atoms with Gasteiger partial charge in [0.1, 0.15) is 11.4 Å². The lowest BCUT2D eigenvalue weighted by Crippen LogP contribution is -2.36. The van der Waals surface area contributed by atoms with Crippen molar-refractivity contribution in [2.45, 2.75) is 16.9 Å². The van der Waals surface area contributed by atoms with Crippen LogP contribution < -0.4 is 0 Å². The van der Waals surface area contributed by atoms with Crippen molar-refractivity contribution in [2.24, 2.45) is 0 Å². The first-order valence-corrected chi connectivity index (χ1v) is 7.89. The van der Waals surface area contributed by atoms with Crippen molar-refractivity contribution >= 4 is 9.84 Å². The average molecular weight is 292 g/mol. The minimum atomic E-state index is -3.36. The molecule has 1 aliphatic heterocycles. The second-order valence-corrected chi connectivity index (χ2v) is 7.01. The molecule has 0 amide bonds. The van der Waals surface area contributed by atoms with Gasteiger partial charge in [0.15, 0.2) is 9.84 Å². The molecule has 0 aliphatic carbocycles. The Bertz CT molecular complexity index is 753. The minimum absolute atomic E-state index is 0.0674. The summed E-state index contributed by atoms with van der Waals surface area (Å²) >= 11 is 0. The lowest BCUT2D eigenvalue weighted by atomic mass is 9.84. The van der Waals surface area contributed by atoms with Crippen LogP contribution in [0.5, 0.6) is 0 Å². The summed E-state index contributed by atoms with van der Waals surface area (Å²) in [5, 5.41) is 10.9. The number of sulfone groups is 1. The van der Waals surface area contributed by atoms with Crippen LogP contribution in [0, 0.1) is 5.82 Å². The number of halogens is 1. The molecule has 0 spiro atoms. The molecule has 0 radical (unpaired) electrons. The van der Waals surface area contributed by atoms with Crippen LogP contribution in [0.1, 0.15) is 17.5 Å². The monoisotopic (exact) mass is 292 g/mol. The molecule has 2 aromatic carbocycles. The van der Waals surface area contributed by atoms with E-state index < -0.39 is 21.3 Å². The number of benzene rings is 2. The highest BCUT2D eigenvalue weighted by atomic mass is 32.2. The summed E-state index contributed by atoms with van der Waals surface area (Å²) in [4.78, 5) is 0.151. The molecule has 2 aromatic rings. The zero-order valence-electron chi connectivity index (χ0n) is 10.6. The first-order chi connectivity index (χ1) is 9.43. The maximum Gasteiger partial charge on any atom is 0.178 e. The van der Waals surface area contributed by atoms with Crippen molar-refractivity contribution in [1.29, 1.82) is 0 Å². The summed E-state index contributed by atoms with van der Waals surface area (Å²) in [6, 6.07) is 11.9. The third kappa shape index (κ3) is 1.94. The minimum Gasteiger partial charge on any atom is -0.380 e. The highest BCUT2D eigenvalue weighted by Gasteiger charge is 2.41. The van der Waals surface area contributed by atoms with Gasteiger partial charge in [-0.25, -0.2) is 12.8 Å². The van der Waals surface area contributed by atoms with E-state index in [0.717, 1.165) is 0 Å². The molecular weight excluding hydrogens is 279 g/mol. The van der Waals surface area contributed by atoms with Gasteiger partial charge in [-0.2, -0.15) is 0 Å². The van der Waals surface area contributed by atoms with E-state index in [1.54, 1.807) is 18.2 Å². The van der Waals surface area contributed by atoms with Crippen LogP contribution in [0.2, 0.25) is 0 Å². The van der Waals surface area contributed by atoms with E-state index in [-0.39, 0.29) is 17.1 Å². The van der Waals surface area contributed by atoms with Crippen molar-refractivity contribution < 1.29 is 17.9 Å². The van der Waals surface area contributed by atoms with Crippen molar-refractivity contribution in [3.05, 3.63) is 65.5 Å². The maximum absolute atomic E-state index is 13.0. The molecule has 1 N–H and O–H groups in total. The van der Waals surface area contributed by atoms with E-state index in [2.05, 4.69) is 0 Å². The highest BCUT2D eigenvalue weighted by molar-refractivity contribution is 7.91. The molecule has 0 saturated carbocycles. The second-order valence-electron chi connectivity index (χ2n) is 4.93. The van der Waals surface area contributed by atoms with Crippen LogP contribution in [-0.4, -0.2) is 19.3 Å². The fourth-order valence-electron chi connectivity index (χ4n) is 2.63. The molecule has 0 fully saturated rings. The zero-order valence-corrected chi connectivity index (χ0v) is 11.4. The first kappa shape index (κ1) is 13.3. The van der Waals surface area contributed by atoms with E-state index in [4.69, 9.17) is 0 Å². The van der Waals surface area contributed by atoms with Crippen LogP contribution in [-0.2, 0) is 15.4 Å². The topological polar surface area (TPSA) is 54.4 Å². The number of rotatable bonds is 1. The van der Waals surface area contributed by atoms with Gasteiger partial charge in [-0.1, -0.05) is 30.3 Å². The molecule has 20 heavy (non-hydrogen) atoms. The number of fused-ring (bicyclic) bond motifs is 1. The quantitative estimate of drug-likeness (QED) is 0.877. The van der Waals surface area contributed by atoms with Gasteiger partial charge in [0, 0.05) is 5.56 Å². The van der Waals surface area contributed by atoms with E-state index in [9.17, 15) is 17.9 Å². The summed E-state index contributed by atoms with van der Waals surface area (Å²) in [7, 11) is -3.36. The lowest BCUT2D eigenvalue weighted by molar-refractivity contribution is 0.0717. The standard InChI is InChI=1S/C15H13FO3S/c16-12-7-5-11(6-8-12)15(17)9-10-20(18,19)14-4-2-1-3-13(14)15/h1-8,17H,9-10H2. The molecule has 104 valence electrons. The van der Waals surface area contributed by atoms with Gasteiger partial charge in [0.05, 0.1) is 10.6 Å². The summed E-state index contributed by atoms with van der Waals surface area (Å²) < 4.78 is 37.2. The van der Waals surface area contributed by atoms with Crippen LogP contribution in [0.4, 0.5) is 4.39 Å². The largest absolute Gasteiger partial charge is 0.380 e. The van der Waals surface area contributed by atoms with Crippen LogP contribution in [0.25, 0.3) is 0 Å². The van der Waals surface area contributed by atoms with Crippen LogP contribution in [0.3, 0.4) is 0 Å². The van der Waals surface area contributed by atoms with Crippen molar-refractivity contribution in [3.63, 3.8) is 0 Å². The molecule has 1 aliphatic rings. The predicted octanol–water partition coefficient (Wildman–Crippen LogP) is 2.24. The molecule has 3 nitrogen and oxygen atoms in total. The highest BCUT2D eigenvalue weighted by Crippen LogP contribution is 2.41. The summed E-state index contributed by atoms with van der Waals surface area (Å²) in [6.07, 6.45) is 0.0674. The van der Waals surface area contributed by atoms with Gasteiger partial charge in [-0.3, -0.25) is 0 Å². The molecule has 3 rings (SSSR count). The number of hydrogen-bond donors (Lipinski definition) is 1. The molecule has 5 heteroatoms. The van der Waals surface area contributed by atoms with Crippen molar-refractivity contribution in [3.8, 4) is 0 Å². The van der Waals surface area contributed by atoms with E-state index in [1.807, 2.05) is 0 Å². The Kier molecular flexibility index (Phi) is 2.92. The third-order valence-corrected chi connectivity index (χ3v) is 5.49. The SMILES string of the molecule is O=S1(=O)CCC(O)(c2ccc(F)cc2)c2ccccc21. The average Bonchev–Trinajstić information content (AvgIpc) is 2.45. The molecule has 1 heterocycles. The van der Waals surface area contributed by atoms with E-state index in [0.29, 0.717) is 11.1 Å². The molecule has 0 aromatic heterocycles. The van der Waals surface area contributed by atoms with Gasteiger partial charge in [0.2, 0.25) is 0 Å². The van der Waals surface area contributed by atoms with Gasteiger partial charge in [-0.05, 0) is 30.2 Å². The van der Waals surface area contributed by atoms with Gasteiger partial charge in [-0.15, -0.1) is 0 Å². The summed E-state index contributed by atoms with van der Waals surface area (Å²) in [5.74, 6) is -0.521. The normalized spacial score (nSPS) is 24.1. The number of aliphatic hydroxyl groups is 1. The Balaban J connectivity index is 2.23. The fourth-order valence-corrected chi connectivity index (χ4v) is 4.27. The lowest BCUT2D eigenvalue weighted by Gasteiger charge is -2.34. The summed E-state index contributed by atoms with van der Waals surface area (Å²) in [5.41, 5.74) is -0.533. The number of hydrogen-bond acceptors (Lipinski definition) is 3. The molecular formula is C15H13FO3S. The molecule has 0 bridgehead atoms. The smallest absolute Gasteiger partial charge is 0.178 e.